The molecule has 0 aromatic carbocycles. The quantitative estimate of drug-likeness (QED) is 0.803. The van der Waals surface area contributed by atoms with E-state index in [2.05, 4.69) is 29.2 Å². The number of carbonyl (C=O) groups is 2. The number of aromatic nitrogens is 2. The van der Waals surface area contributed by atoms with Crippen LogP contribution in [0.3, 0.4) is 0 Å². The normalized spacial score (nSPS) is 18.8. The van der Waals surface area contributed by atoms with E-state index in [4.69, 9.17) is 0 Å². The van der Waals surface area contributed by atoms with E-state index >= 15 is 0 Å². The smallest absolute Gasteiger partial charge is 0.255 e. The first-order chi connectivity index (χ1) is 11.8. The van der Waals surface area contributed by atoms with Gasteiger partial charge < -0.3 is 15.1 Å². The van der Waals surface area contributed by atoms with Gasteiger partial charge in [0.2, 0.25) is 5.91 Å². The molecule has 1 saturated heterocycles. The minimum atomic E-state index is -0.488. The summed E-state index contributed by atoms with van der Waals surface area (Å²) in [7, 11) is 4.08. The van der Waals surface area contributed by atoms with Gasteiger partial charge in [-0.05, 0) is 39.8 Å². The number of nitrogens with zero attached hydrogens (tertiary/aromatic N) is 4. The first-order valence-electron chi connectivity index (χ1n) is 9.10. The highest BCUT2D eigenvalue weighted by Gasteiger charge is 2.33. The standard InChI is InChI=1S/C18H31N5O2/c1-6-23-11-14(10-19-23)17(24)20-16(9-13(2)3)18(25)22-8-7-15(12-22)21(4)5/h10-11,13,15-16H,6-9,12H2,1-5H3,(H,20,24)/t15-,16+/m1/s1. The van der Waals surface area contributed by atoms with Crippen molar-refractivity contribution >= 4 is 11.8 Å². The molecule has 1 fully saturated rings. The number of hydrogen-bond donors (Lipinski definition) is 1. The first kappa shape index (κ1) is 19.4. The SMILES string of the molecule is CCn1cc(C(=O)N[C@@H](CC(C)C)C(=O)N2CC[C@@H](N(C)C)C2)cn1. The van der Waals surface area contributed by atoms with Gasteiger partial charge in [0.1, 0.15) is 6.04 Å². The number of likely N-dealkylation sites (N-methyl/N-ethyl adjacent to an activating group) is 1. The maximum Gasteiger partial charge on any atom is 0.255 e. The summed E-state index contributed by atoms with van der Waals surface area (Å²) in [6.45, 7) is 8.28. The van der Waals surface area contributed by atoms with Crippen molar-refractivity contribution in [3.63, 3.8) is 0 Å². The van der Waals surface area contributed by atoms with Crippen molar-refractivity contribution in [1.82, 2.24) is 24.9 Å². The number of carbonyl (C=O) groups excluding carboxylic acids is 2. The van der Waals surface area contributed by atoms with Crippen molar-refractivity contribution in [1.29, 1.82) is 0 Å². The molecular formula is C18H31N5O2. The average Bonchev–Trinajstić information content (AvgIpc) is 3.22. The lowest BCUT2D eigenvalue weighted by Crippen LogP contribution is -2.49. The molecule has 0 unspecified atom stereocenters. The summed E-state index contributed by atoms with van der Waals surface area (Å²) in [4.78, 5) is 29.5. The van der Waals surface area contributed by atoms with Crippen molar-refractivity contribution in [2.45, 2.75) is 52.2 Å². The molecule has 2 amide bonds. The van der Waals surface area contributed by atoms with Crippen molar-refractivity contribution in [3.8, 4) is 0 Å². The van der Waals surface area contributed by atoms with Crippen molar-refractivity contribution in [2.24, 2.45) is 5.92 Å². The van der Waals surface area contributed by atoms with Crippen LogP contribution in [0.25, 0.3) is 0 Å². The lowest BCUT2D eigenvalue weighted by atomic mass is 10.0. The predicted molar refractivity (Wildman–Crippen MR) is 97.3 cm³/mol. The van der Waals surface area contributed by atoms with Crippen molar-refractivity contribution in [2.75, 3.05) is 27.2 Å². The fraction of sp³-hybridized carbons (Fsp3) is 0.722. The molecule has 0 aliphatic carbocycles. The minimum Gasteiger partial charge on any atom is -0.340 e. The van der Waals surface area contributed by atoms with Gasteiger partial charge in [-0.1, -0.05) is 13.8 Å². The third-order valence-electron chi connectivity index (χ3n) is 4.74. The van der Waals surface area contributed by atoms with Crippen LogP contribution in [-0.4, -0.2) is 70.7 Å². The third kappa shape index (κ3) is 5.04. The van der Waals surface area contributed by atoms with Crippen LogP contribution in [0.5, 0.6) is 0 Å². The highest BCUT2D eigenvalue weighted by atomic mass is 16.2. The molecule has 1 N–H and O–H groups in total. The second-order valence-corrected chi connectivity index (χ2v) is 7.43. The van der Waals surface area contributed by atoms with E-state index < -0.39 is 6.04 Å². The summed E-state index contributed by atoms with van der Waals surface area (Å²) in [5.74, 6) is 0.108. The minimum absolute atomic E-state index is 0.0225. The van der Waals surface area contributed by atoms with Crippen LogP contribution >= 0.6 is 0 Å². The molecule has 0 radical (unpaired) electrons. The van der Waals surface area contributed by atoms with Gasteiger partial charge in [0.15, 0.2) is 0 Å². The van der Waals surface area contributed by atoms with Gasteiger partial charge in [0, 0.05) is 31.9 Å². The van der Waals surface area contributed by atoms with Crippen LogP contribution in [0.1, 0.15) is 44.0 Å². The molecule has 0 saturated carbocycles. The molecule has 0 bridgehead atoms. The second kappa shape index (κ2) is 8.47. The van der Waals surface area contributed by atoms with E-state index in [-0.39, 0.29) is 11.8 Å². The number of hydrogen-bond acceptors (Lipinski definition) is 4. The number of amides is 2. The van der Waals surface area contributed by atoms with E-state index in [9.17, 15) is 9.59 Å². The molecule has 7 nitrogen and oxygen atoms in total. The third-order valence-corrected chi connectivity index (χ3v) is 4.74. The highest BCUT2D eigenvalue weighted by Crippen LogP contribution is 2.17. The molecule has 140 valence electrons. The van der Waals surface area contributed by atoms with E-state index in [0.29, 0.717) is 30.5 Å². The predicted octanol–water partition coefficient (Wildman–Crippen LogP) is 1.21. The largest absolute Gasteiger partial charge is 0.340 e. The number of aryl methyl sites for hydroxylation is 1. The summed E-state index contributed by atoms with van der Waals surface area (Å²) < 4.78 is 1.70. The Morgan fingerprint density at radius 2 is 2.12 bits per heavy atom. The Bertz CT molecular complexity index is 596. The summed E-state index contributed by atoms with van der Waals surface area (Å²) in [6, 6.07) is -0.0967. The number of likely N-dealkylation sites (tertiary alicyclic amines) is 1. The van der Waals surface area contributed by atoms with Crippen LogP contribution in [0.2, 0.25) is 0 Å². The number of rotatable bonds is 7. The molecular weight excluding hydrogens is 318 g/mol. The van der Waals surface area contributed by atoms with Gasteiger partial charge >= 0.3 is 0 Å². The van der Waals surface area contributed by atoms with Gasteiger partial charge in [0.25, 0.3) is 5.91 Å². The maximum absolute atomic E-state index is 12.9. The van der Waals surface area contributed by atoms with Gasteiger partial charge in [-0.25, -0.2) is 0 Å². The van der Waals surface area contributed by atoms with E-state index in [0.717, 1.165) is 19.5 Å². The monoisotopic (exact) mass is 349 g/mol. The Balaban J connectivity index is 2.05. The topological polar surface area (TPSA) is 70.5 Å². The van der Waals surface area contributed by atoms with Crippen LogP contribution in [-0.2, 0) is 11.3 Å². The Kier molecular flexibility index (Phi) is 6.58. The van der Waals surface area contributed by atoms with Crippen molar-refractivity contribution < 1.29 is 9.59 Å². The summed E-state index contributed by atoms with van der Waals surface area (Å²) in [6.07, 6.45) is 4.87. The summed E-state index contributed by atoms with van der Waals surface area (Å²) >= 11 is 0. The Morgan fingerprint density at radius 3 is 2.64 bits per heavy atom. The molecule has 1 aliphatic rings. The molecule has 1 aromatic rings. The van der Waals surface area contributed by atoms with Gasteiger partial charge in [-0.3, -0.25) is 14.3 Å². The Labute approximate surface area is 150 Å². The molecule has 2 rings (SSSR count). The zero-order valence-electron chi connectivity index (χ0n) is 16.0. The average molecular weight is 349 g/mol. The molecule has 0 spiro atoms. The molecule has 1 aliphatic heterocycles. The molecule has 1 aromatic heterocycles. The van der Waals surface area contributed by atoms with Crippen LogP contribution in [0, 0.1) is 5.92 Å². The summed E-state index contributed by atoms with van der Waals surface area (Å²) in [5, 5.41) is 7.06. The number of nitrogens with one attached hydrogen (secondary N) is 1. The van der Waals surface area contributed by atoms with Crippen LogP contribution < -0.4 is 5.32 Å². The van der Waals surface area contributed by atoms with E-state index in [1.807, 2.05) is 25.9 Å². The van der Waals surface area contributed by atoms with E-state index in [1.54, 1.807) is 17.1 Å². The molecule has 7 heteroatoms. The Hall–Kier alpha value is -1.89. The van der Waals surface area contributed by atoms with Crippen molar-refractivity contribution in [3.05, 3.63) is 18.0 Å². The first-order valence-corrected chi connectivity index (χ1v) is 9.10. The fourth-order valence-electron chi connectivity index (χ4n) is 3.17. The lowest BCUT2D eigenvalue weighted by Gasteiger charge is -2.26. The zero-order valence-corrected chi connectivity index (χ0v) is 16.0. The zero-order chi connectivity index (χ0) is 18.6. The molecule has 25 heavy (non-hydrogen) atoms. The maximum atomic E-state index is 12.9. The highest BCUT2D eigenvalue weighted by molar-refractivity contribution is 5.97. The van der Waals surface area contributed by atoms with Gasteiger partial charge in [-0.15, -0.1) is 0 Å². The van der Waals surface area contributed by atoms with E-state index in [1.165, 1.54) is 0 Å². The Morgan fingerprint density at radius 1 is 1.40 bits per heavy atom. The van der Waals surface area contributed by atoms with Crippen LogP contribution in [0.15, 0.2) is 12.4 Å². The van der Waals surface area contributed by atoms with Gasteiger partial charge in [-0.2, -0.15) is 5.10 Å². The second-order valence-electron chi connectivity index (χ2n) is 7.43. The lowest BCUT2D eigenvalue weighted by molar-refractivity contribution is -0.132. The summed E-state index contributed by atoms with van der Waals surface area (Å²) in [5.41, 5.74) is 0.496. The molecule has 2 atom stereocenters. The molecule has 2 heterocycles. The van der Waals surface area contributed by atoms with Crippen LogP contribution in [0.4, 0.5) is 0 Å². The fourth-order valence-corrected chi connectivity index (χ4v) is 3.17. The van der Waals surface area contributed by atoms with Gasteiger partial charge in [0.05, 0.1) is 11.8 Å².